The maximum atomic E-state index is 10.7. The largest absolute Gasteiger partial charge is 0.361 e. The van der Waals surface area contributed by atoms with Crippen molar-refractivity contribution >= 4 is 28.2 Å². The minimum absolute atomic E-state index is 0.0860. The average Bonchev–Trinajstić information content (AvgIpc) is 2.60. The highest BCUT2D eigenvalue weighted by Crippen LogP contribution is 2.31. The molecule has 0 spiro atoms. The third-order valence-corrected chi connectivity index (χ3v) is 2.60. The summed E-state index contributed by atoms with van der Waals surface area (Å²) in [6, 6.07) is 4.89. The molecule has 0 saturated heterocycles. The first-order valence-corrected chi connectivity index (χ1v) is 4.82. The van der Waals surface area contributed by atoms with E-state index >= 15 is 0 Å². The van der Waals surface area contributed by atoms with Crippen molar-refractivity contribution < 1.29 is 4.92 Å². The molecule has 0 amide bonds. The number of benzene rings is 1. The minimum atomic E-state index is -0.537. The van der Waals surface area contributed by atoms with Crippen LogP contribution in [0.3, 0.4) is 0 Å². The number of aromatic nitrogens is 1. The van der Waals surface area contributed by atoms with Crippen LogP contribution in [0.25, 0.3) is 10.9 Å². The van der Waals surface area contributed by atoms with E-state index in [9.17, 15) is 10.1 Å². The number of hydrogen-bond donors (Lipinski definition) is 1. The molecular weight excluding hydrogens is 230 g/mol. The topological polar surface area (TPSA) is 82.7 Å². The maximum Gasteiger partial charge on any atom is 0.288 e. The molecule has 0 atom stereocenters. The molecule has 16 heavy (non-hydrogen) atoms. The second kappa shape index (κ2) is 3.83. The number of fused-ring (bicyclic) bond motifs is 1. The molecule has 0 unspecified atom stereocenters. The Morgan fingerprint density at radius 3 is 2.94 bits per heavy atom. The molecule has 1 N–H and O–H groups in total. The van der Waals surface area contributed by atoms with Crippen molar-refractivity contribution in [1.82, 2.24) is 4.98 Å². The first kappa shape index (κ1) is 10.5. The zero-order valence-electron chi connectivity index (χ0n) is 8.03. The Hall–Kier alpha value is -2.06. The van der Waals surface area contributed by atoms with Gasteiger partial charge in [-0.3, -0.25) is 10.1 Å². The van der Waals surface area contributed by atoms with E-state index in [0.717, 1.165) is 5.56 Å². The van der Waals surface area contributed by atoms with Gasteiger partial charge in [-0.2, -0.15) is 5.26 Å². The Labute approximate surface area is 95.4 Å². The fourth-order valence-corrected chi connectivity index (χ4v) is 1.79. The Bertz CT molecular complexity index is 612. The molecule has 0 saturated carbocycles. The molecule has 0 aliphatic heterocycles. The SMILES string of the molecule is N#CCc1c[nH]c2cc(Cl)c([N+](=O)[O-])cc12. The summed E-state index contributed by atoms with van der Waals surface area (Å²) in [6.07, 6.45) is 1.87. The van der Waals surface area contributed by atoms with Gasteiger partial charge in [0.25, 0.3) is 5.69 Å². The van der Waals surface area contributed by atoms with Crippen LogP contribution in [-0.4, -0.2) is 9.91 Å². The van der Waals surface area contributed by atoms with E-state index in [2.05, 4.69) is 4.98 Å². The number of nitro groups is 1. The third kappa shape index (κ3) is 1.59. The van der Waals surface area contributed by atoms with E-state index in [1.54, 1.807) is 6.20 Å². The molecule has 1 aromatic carbocycles. The van der Waals surface area contributed by atoms with Crippen molar-refractivity contribution in [2.24, 2.45) is 0 Å². The molecule has 1 aromatic heterocycles. The lowest BCUT2D eigenvalue weighted by molar-refractivity contribution is -0.384. The van der Waals surface area contributed by atoms with Crippen molar-refractivity contribution in [3.8, 4) is 6.07 Å². The number of hydrogen-bond acceptors (Lipinski definition) is 3. The zero-order chi connectivity index (χ0) is 11.7. The molecule has 80 valence electrons. The zero-order valence-corrected chi connectivity index (χ0v) is 8.78. The lowest BCUT2D eigenvalue weighted by Crippen LogP contribution is -1.89. The molecule has 0 aliphatic rings. The van der Waals surface area contributed by atoms with E-state index in [0.29, 0.717) is 10.9 Å². The van der Waals surface area contributed by atoms with Gasteiger partial charge in [0.2, 0.25) is 0 Å². The normalized spacial score (nSPS) is 10.2. The number of nitrogens with one attached hydrogen (secondary N) is 1. The quantitative estimate of drug-likeness (QED) is 0.642. The second-order valence-electron chi connectivity index (χ2n) is 3.26. The number of nitriles is 1. The Morgan fingerprint density at radius 1 is 1.56 bits per heavy atom. The third-order valence-electron chi connectivity index (χ3n) is 2.30. The molecule has 5 nitrogen and oxygen atoms in total. The Balaban J connectivity index is 2.70. The first-order chi connectivity index (χ1) is 7.63. The monoisotopic (exact) mass is 235 g/mol. The lowest BCUT2D eigenvalue weighted by atomic mass is 10.1. The summed E-state index contributed by atoms with van der Waals surface area (Å²) in [5.41, 5.74) is 1.28. The van der Waals surface area contributed by atoms with Crippen LogP contribution in [0.15, 0.2) is 18.3 Å². The van der Waals surface area contributed by atoms with E-state index in [-0.39, 0.29) is 17.1 Å². The van der Waals surface area contributed by atoms with Crippen molar-refractivity contribution in [2.75, 3.05) is 0 Å². The van der Waals surface area contributed by atoms with Crippen molar-refractivity contribution in [2.45, 2.75) is 6.42 Å². The second-order valence-corrected chi connectivity index (χ2v) is 3.66. The highest BCUT2D eigenvalue weighted by Gasteiger charge is 2.15. The van der Waals surface area contributed by atoms with E-state index in [1.807, 2.05) is 6.07 Å². The lowest BCUT2D eigenvalue weighted by Gasteiger charge is -1.97. The highest BCUT2D eigenvalue weighted by atomic mass is 35.5. The van der Waals surface area contributed by atoms with Crippen molar-refractivity contribution in [1.29, 1.82) is 5.26 Å². The molecule has 2 aromatic rings. The van der Waals surface area contributed by atoms with Crippen molar-refractivity contribution in [3.63, 3.8) is 0 Å². The minimum Gasteiger partial charge on any atom is -0.361 e. The summed E-state index contributed by atoms with van der Waals surface area (Å²) in [7, 11) is 0. The maximum absolute atomic E-state index is 10.7. The average molecular weight is 236 g/mol. The van der Waals surface area contributed by atoms with Gasteiger partial charge in [0.15, 0.2) is 0 Å². The number of aromatic amines is 1. The van der Waals surface area contributed by atoms with E-state index < -0.39 is 4.92 Å². The number of nitrogens with zero attached hydrogens (tertiary/aromatic N) is 2. The molecule has 1 heterocycles. The molecule has 2 rings (SSSR count). The number of nitro benzene ring substituents is 1. The van der Waals surface area contributed by atoms with Gasteiger partial charge in [-0.1, -0.05) is 11.6 Å². The summed E-state index contributed by atoms with van der Waals surface area (Å²) in [6.45, 7) is 0. The molecule has 0 radical (unpaired) electrons. The molecule has 0 fully saturated rings. The number of H-pyrrole nitrogens is 1. The van der Waals surface area contributed by atoms with E-state index in [4.69, 9.17) is 16.9 Å². The molecular formula is C10H6ClN3O2. The predicted octanol–water partition coefficient (Wildman–Crippen LogP) is 2.80. The standard InChI is InChI=1S/C10H6ClN3O2/c11-8-4-9-7(3-10(8)14(15)16)6(1-2-12)5-13-9/h3-5,13H,1H2. The van der Waals surface area contributed by atoms with Crippen LogP contribution in [0.2, 0.25) is 5.02 Å². The fraction of sp³-hybridized carbons (Fsp3) is 0.100. The fourth-order valence-electron chi connectivity index (χ4n) is 1.56. The van der Waals surface area contributed by atoms with Gasteiger partial charge < -0.3 is 4.98 Å². The molecule has 6 heteroatoms. The summed E-state index contributed by atoms with van der Waals surface area (Å²) in [4.78, 5) is 13.1. The van der Waals surface area contributed by atoms with Gasteiger partial charge in [-0.05, 0) is 11.6 Å². The molecule has 0 aliphatic carbocycles. The van der Waals surface area contributed by atoms with Crippen LogP contribution < -0.4 is 0 Å². The van der Waals surface area contributed by atoms with Crippen LogP contribution in [0.4, 0.5) is 5.69 Å². The van der Waals surface area contributed by atoms with Gasteiger partial charge in [-0.25, -0.2) is 0 Å². The van der Waals surface area contributed by atoms with Gasteiger partial charge >= 0.3 is 0 Å². The Kier molecular flexibility index (Phi) is 2.50. The summed E-state index contributed by atoms with van der Waals surface area (Å²) in [5.74, 6) is 0. The van der Waals surface area contributed by atoms with Gasteiger partial charge in [0, 0.05) is 23.2 Å². The van der Waals surface area contributed by atoms with Gasteiger partial charge in [0.1, 0.15) is 5.02 Å². The van der Waals surface area contributed by atoms with Crippen LogP contribution in [0.5, 0.6) is 0 Å². The van der Waals surface area contributed by atoms with Crippen LogP contribution in [-0.2, 0) is 6.42 Å². The van der Waals surface area contributed by atoms with Crippen molar-refractivity contribution in [3.05, 3.63) is 39.0 Å². The number of rotatable bonds is 2. The Morgan fingerprint density at radius 2 is 2.31 bits per heavy atom. The van der Waals surface area contributed by atoms with Crippen LogP contribution in [0.1, 0.15) is 5.56 Å². The molecule has 0 bridgehead atoms. The first-order valence-electron chi connectivity index (χ1n) is 4.44. The smallest absolute Gasteiger partial charge is 0.288 e. The summed E-state index contributed by atoms with van der Waals surface area (Å²) in [5, 5.41) is 20.1. The number of halogens is 1. The summed E-state index contributed by atoms with van der Waals surface area (Å²) >= 11 is 5.76. The van der Waals surface area contributed by atoms with Gasteiger partial charge in [-0.15, -0.1) is 0 Å². The predicted molar refractivity (Wildman–Crippen MR) is 59.3 cm³/mol. The van der Waals surface area contributed by atoms with Gasteiger partial charge in [0.05, 0.1) is 17.4 Å². The van der Waals surface area contributed by atoms with Crippen LogP contribution >= 0.6 is 11.6 Å². The summed E-state index contributed by atoms with van der Waals surface area (Å²) < 4.78 is 0. The van der Waals surface area contributed by atoms with E-state index in [1.165, 1.54) is 12.1 Å². The van der Waals surface area contributed by atoms with Crippen LogP contribution in [0, 0.1) is 21.4 Å². The highest BCUT2D eigenvalue weighted by molar-refractivity contribution is 6.33.